The van der Waals surface area contributed by atoms with Crippen LogP contribution in [0.5, 0.6) is 0 Å². The van der Waals surface area contributed by atoms with E-state index in [1.54, 1.807) is 12.1 Å². The lowest BCUT2D eigenvalue weighted by Gasteiger charge is -2.21. The fourth-order valence-electron chi connectivity index (χ4n) is 2.74. The van der Waals surface area contributed by atoms with Crippen LogP contribution in [0.3, 0.4) is 0 Å². The summed E-state index contributed by atoms with van der Waals surface area (Å²) in [6.07, 6.45) is 0.247. The second-order valence-electron chi connectivity index (χ2n) is 5.96. The van der Waals surface area contributed by atoms with Crippen molar-refractivity contribution in [3.8, 4) is 6.07 Å². The van der Waals surface area contributed by atoms with Gasteiger partial charge in [0.15, 0.2) is 5.78 Å². The van der Waals surface area contributed by atoms with E-state index in [1.807, 2.05) is 6.07 Å². The smallest absolute Gasteiger partial charge is 0.251 e. The summed E-state index contributed by atoms with van der Waals surface area (Å²) in [5.41, 5.74) is 0.475. The number of thioether (sulfide) groups is 1. The molecule has 8 heteroatoms. The highest BCUT2D eigenvalue weighted by Gasteiger charge is 2.27. The quantitative estimate of drug-likeness (QED) is 0.867. The molecule has 1 atom stereocenters. The second-order valence-corrected chi connectivity index (χ2v) is 7.21. The average molecular weight is 390 g/mol. The van der Waals surface area contributed by atoms with Gasteiger partial charge in [0, 0.05) is 41.1 Å². The van der Waals surface area contributed by atoms with Crippen molar-refractivity contribution >= 4 is 23.5 Å². The Morgan fingerprint density at radius 3 is 2.59 bits per heavy atom. The minimum absolute atomic E-state index is 0.0814. The Morgan fingerprint density at radius 2 is 1.93 bits per heavy atom. The first-order chi connectivity index (χ1) is 12.9. The molecule has 0 saturated carbocycles. The monoisotopic (exact) mass is 390 g/mol. The highest BCUT2D eigenvalue weighted by atomic mass is 32.2. The molecule has 1 amide bonds. The van der Waals surface area contributed by atoms with Gasteiger partial charge < -0.3 is 5.32 Å². The van der Waals surface area contributed by atoms with E-state index in [4.69, 9.17) is 5.26 Å². The molecule has 0 fully saturated rings. The third-order valence-corrected chi connectivity index (χ3v) is 5.49. The summed E-state index contributed by atoms with van der Waals surface area (Å²) < 4.78 is 40.2. The minimum atomic E-state index is -1.08. The number of amides is 1. The van der Waals surface area contributed by atoms with Crippen molar-refractivity contribution in [2.75, 3.05) is 0 Å². The fourth-order valence-corrected chi connectivity index (χ4v) is 3.85. The topological polar surface area (TPSA) is 70.0 Å². The maximum atomic E-state index is 13.6. The zero-order valence-corrected chi connectivity index (χ0v) is 14.7. The van der Waals surface area contributed by atoms with Gasteiger partial charge in [-0.2, -0.15) is 5.26 Å². The molecule has 138 valence electrons. The zero-order valence-electron chi connectivity index (χ0n) is 13.9. The van der Waals surface area contributed by atoms with Gasteiger partial charge in [0.1, 0.15) is 17.5 Å². The van der Waals surface area contributed by atoms with Gasteiger partial charge in [0.25, 0.3) is 5.91 Å². The van der Waals surface area contributed by atoms with Gasteiger partial charge in [-0.1, -0.05) is 0 Å². The molecule has 3 rings (SSSR count). The number of nitriles is 1. The van der Waals surface area contributed by atoms with Crippen LogP contribution in [0.1, 0.15) is 27.9 Å². The van der Waals surface area contributed by atoms with E-state index in [0.717, 1.165) is 4.90 Å². The number of benzene rings is 2. The predicted octanol–water partition coefficient (Wildman–Crippen LogP) is 3.53. The molecule has 0 bridgehead atoms. The molecular weight excluding hydrogens is 377 g/mol. The lowest BCUT2D eigenvalue weighted by molar-refractivity contribution is -0.118. The predicted molar refractivity (Wildman–Crippen MR) is 92.5 cm³/mol. The highest BCUT2D eigenvalue weighted by Crippen LogP contribution is 2.35. The Bertz CT molecular complexity index is 949. The molecule has 1 unspecified atom stereocenters. The molecule has 1 N–H and O–H groups in total. The second kappa shape index (κ2) is 7.84. The van der Waals surface area contributed by atoms with Gasteiger partial charge in [-0.05, 0) is 23.8 Å². The van der Waals surface area contributed by atoms with E-state index in [-0.39, 0.29) is 24.2 Å². The Labute approximate surface area is 157 Å². The molecule has 4 nitrogen and oxygen atoms in total. The molecule has 0 saturated heterocycles. The van der Waals surface area contributed by atoms with Crippen LogP contribution >= 0.6 is 11.8 Å². The normalized spacial score (nSPS) is 15.8. The molecular formula is C19H13F3N2O2S. The van der Waals surface area contributed by atoms with Crippen molar-refractivity contribution in [3.63, 3.8) is 0 Å². The first-order valence-corrected chi connectivity index (χ1v) is 8.88. The van der Waals surface area contributed by atoms with Gasteiger partial charge in [-0.25, -0.2) is 13.2 Å². The fraction of sp³-hybridized carbons (Fsp3) is 0.211. The Balaban J connectivity index is 1.73. The van der Waals surface area contributed by atoms with Crippen LogP contribution in [0.2, 0.25) is 0 Å². The zero-order chi connectivity index (χ0) is 19.6. The van der Waals surface area contributed by atoms with Crippen LogP contribution in [-0.2, 0) is 17.8 Å². The van der Waals surface area contributed by atoms with Crippen LogP contribution in [0, 0.1) is 28.8 Å². The number of carbonyl (C=O) groups excluding carboxylic acids is 2. The van der Waals surface area contributed by atoms with E-state index in [2.05, 4.69) is 5.32 Å². The SMILES string of the molecule is N#CCC1Sc2ccc(C(=O)NCc3c(F)cc(F)cc3F)cc2CC1=O. The van der Waals surface area contributed by atoms with Crippen molar-refractivity contribution in [3.05, 3.63) is 64.5 Å². The van der Waals surface area contributed by atoms with Crippen molar-refractivity contribution in [1.82, 2.24) is 5.32 Å². The molecule has 0 aromatic heterocycles. The van der Waals surface area contributed by atoms with Crippen LogP contribution < -0.4 is 5.32 Å². The van der Waals surface area contributed by atoms with Crippen molar-refractivity contribution in [1.29, 1.82) is 5.26 Å². The van der Waals surface area contributed by atoms with Gasteiger partial charge >= 0.3 is 0 Å². The van der Waals surface area contributed by atoms with Gasteiger partial charge in [0.05, 0.1) is 17.7 Å². The summed E-state index contributed by atoms with van der Waals surface area (Å²) in [6, 6.07) is 7.85. The molecule has 1 aliphatic heterocycles. The summed E-state index contributed by atoms with van der Waals surface area (Å²) in [4.78, 5) is 25.2. The van der Waals surface area contributed by atoms with Crippen LogP contribution in [0.25, 0.3) is 0 Å². The Kier molecular flexibility index (Phi) is 5.51. The number of ketones is 1. The van der Waals surface area contributed by atoms with Crippen LogP contribution in [0.4, 0.5) is 13.2 Å². The number of hydrogen-bond acceptors (Lipinski definition) is 4. The molecule has 0 radical (unpaired) electrons. The first kappa shape index (κ1) is 19.0. The molecule has 1 aliphatic rings. The molecule has 2 aromatic carbocycles. The number of hydrogen-bond donors (Lipinski definition) is 1. The molecule has 27 heavy (non-hydrogen) atoms. The van der Waals surface area contributed by atoms with Crippen LogP contribution in [0.15, 0.2) is 35.2 Å². The Hall–Kier alpha value is -2.79. The van der Waals surface area contributed by atoms with Gasteiger partial charge in [-0.3, -0.25) is 9.59 Å². The van der Waals surface area contributed by atoms with Crippen LogP contribution in [-0.4, -0.2) is 16.9 Å². The maximum absolute atomic E-state index is 13.6. The summed E-state index contributed by atoms with van der Waals surface area (Å²) in [5.74, 6) is -3.85. The summed E-state index contributed by atoms with van der Waals surface area (Å²) >= 11 is 1.29. The van der Waals surface area contributed by atoms with E-state index < -0.39 is 40.7 Å². The van der Waals surface area contributed by atoms with Crippen molar-refractivity contribution in [2.45, 2.75) is 29.5 Å². The lowest BCUT2D eigenvalue weighted by atomic mass is 10.0. The van der Waals surface area contributed by atoms with Gasteiger partial charge in [-0.15, -0.1) is 11.8 Å². The number of fused-ring (bicyclic) bond motifs is 1. The number of rotatable bonds is 4. The standard InChI is InChI=1S/C19H13F3N2O2S/c20-12-7-14(21)13(15(22)8-12)9-24-19(26)10-1-2-17-11(5-10)6-16(25)18(27-17)3-4-23/h1-2,5,7-8,18H,3,6,9H2,(H,24,26). The molecule has 2 aromatic rings. The summed E-state index contributed by atoms with van der Waals surface area (Å²) in [7, 11) is 0. The largest absolute Gasteiger partial charge is 0.348 e. The number of Topliss-reactive ketones (excluding diaryl/α,β-unsaturated/α-hetero) is 1. The van der Waals surface area contributed by atoms with E-state index in [0.29, 0.717) is 17.7 Å². The summed E-state index contributed by atoms with van der Waals surface area (Å²) in [5, 5.41) is 10.7. The maximum Gasteiger partial charge on any atom is 0.251 e. The molecule has 0 aliphatic carbocycles. The molecule has 0 spiro atoms. The van der Waals surface area contributed by atoms with E-state index in [1.165, 1.54) is 17.8 Å². The Morgan fingerprint density at radius 1 is 1.22 bits per heavy atom. The van der Waals surface area contributed by atoms with E-state index in [9.17, 15) is 22.8 Å². The van der Waals surface area contributed by atoms with Crippen molar-refractivity contribution in [2.24, 2.45) is 0 Å². The summed E-state index contributed by atoms with van der Waals surface area (Å²) in [6.45, 7) is -0.439. The first-order valence-electron chi connectivity index (χ1n) is 8.00. The number of nitrogens with zero attached hydrogens (tertiary/aromatic N) is 1. The lowest BCUT2D eigenvalue weighted by Crippen LogP contribution is -2.26. The molecule has 1 heterocycles. The van der Waals surface area contributed by atoms with Crippen molar-refractivity contribution < 1.29 is 22.8 Å². The number of nitrogens with one attached hydrogen (secondary N) is 1. The third kappa shape index (κ3) is 4.14. The number of carbonyl (C=O) groups is 2. The van der Waals surface area contributed by atoms with Gasteiger partial charge in [0.2, 0.25) is 0 Å². The number of halogens is 3. The third-order valence-electron chi connectivity index (χ3n) is 4.12. The highest BCUT2D eigenvalue weighted by molar-refractivity contribution is 8.00. The minimum Gasteiger partial charge on any atom is -0.348 e. The van der Waals surface area contributed by atoms with E-state index >= 15 is 0 Å². The average Bonchev–Trinajstić information content (AvgIpc) is 2.61.